The lowest BCUT2D eigenvalue weighted by Crippen LogP contribution is -2.56. The molecule has 1 amide bonds. The van der Waals surface area contributed by atoms with Crippen LogP contribution >= 0.6 is 0 Å². The first-order valence-electron chi connectivity index (χ1n) is 7.65. The minimum atomic E-state index is -1.13. The van der Waals surface area contributed by atoms with Crippen molar-refractivity contribution < 1.29 is 19.4 Å². The van der Waals surface area contributed by atoms with E-state index in [1.807, 2.05) is 6.92 Å². The lowest BCUT2D eigenvalue weighted by molar-refractivity contribution is -0.114. The van der Waals surface area contributed by atoms with E-state index in [0.29, 0.717) is 36.0 Å². The van der Waals surface area contributed by atoms with E-state index in [4.69, 9.17) is 4.42 Å². The number of hydrogen-bond acceptors (Lipinski definition) is 5. The predicted octanol–water partition coefficient (Wildman–Crippen LogP) is 0.479. The van der Waals surface area contributed by atoms with E-state index in [0.717, 1.165) is 0 Å². The average Bonchev–Trinajstić information content (AvgIpc) is 2.83. The summed E-state index contributed by atoms with van der Waals surface area (Å²) in [6, 6.07) is 4.79. The second-order valence-electron chi connectivity index (χ2n) is 6.08. The summed E-state index contributed by atoms with van der Waals surface area (Å²) in [5, 5.41) is 20.4. The summed E-state index contributed by atoms with van der Waals surface area (Å²) in [5.41, 5.74) is 0.259. The van der Waals surface area contributed by atoms with Gasteiger partial charge in [0, 0.05) is 25.7 Å². The number of hydrogen-bond donors (Lipinski definition) is 2. The highest BCUT2D eigenvalue weighted by atomic mass is 16.4. The average molecular weight is 320 g/mol. The van der Waals surface area contributed by atoms with Crippen molar-refractivity contribution in [3.63, 3.8) is 0 Å². The monoisotopic (exact) mass is 320 g/mol. The molecule has 0 spiro atoms. The number of rotatable bonds is 2. The molecule has 2 N–H and O–H groups in total. The van der Waals surface area contributed by atoms with E-state index < -0.39 is 17.5 Å². The number of benzene rings is 1. The van der Waals surface area contributed by atoms with Crippen molar-refractivity contribution in [3.8, 4) is 0 Å². The number of likely N-dealkylation sites (tertiary alicyclic amines) is 1. The lowest BCUT2D eigenvalue weighted by atomic mass is 9.86. The van der Waals surface area contributed by atoms with Crippen molar-refractivity contribution >= 4 is 17.0 Å². The molecule has 0 bridgehead atoms. The fourth-order valence-corrected chi connectivity index (χ4v) is 3.00. The first-order valence-corrected chi connectivity index (χ1v) is 7.65. The van der Waals surface area contributed by atoms with Gasteiger partial charge in [0.05, 0.1) is 11.1 Å². The summed E-state index contributed by atoms with van der Waals surface area (Å²) in [5.74, 6) is -0.719. The molecular formula is C16H20N2O5. The molecular weight excluding hydrogens is 300 g/mol. The zero-order chi connectivity index (χ0) is 16.8. The summed E-state index contributed by atoms with van der Waals surface area (Å²) in [7, 11) is 1.58. The summed E-state index contributed by atoms with van der Waals surface area (Å²) in [6.07, 6.45) is -0.186. The molecule has 0 radical (unpaired) electrons. The Kier molecular flexibility index (Phi) is 3.77. The summed E-state index contributed by atoms with van der Waals surface area (Å²) in [6.45, 7) is 2.28. The van der Waals surface area contributed by atoms with Gasteiger partial charge in [-0.15, -0.1) is 0 Å². The highest BCUT2D eigenvalue weighted by Gasteiger charge is 2.40. The van der Waals surface area contributed by atoms with Crippen LogP contribution in [0.2, 0.25) is 0 Å². The van der Waals surface area contributed by atoms with Crippen LogP contribution in [0.3, 0.4) is 0 Å². The summed E-state index contributed by atoms with van der Waals surface area (Å²) in [4.78, 5) is 25.7. The van der Waals surface area contributed by atoms with Crippen molar-refractivity contribution in [1.29, 1.82) is 0 Å². The first kappa shape index (κ1) is 15.8. The highest BCUT2D eigenvalue weighted by molar-refractivity contribution is 5.97. The molecule has 0 aliphatic carbocycles. The van der Waals surface area contributed by atoms with Gasteiger partial charge in [0.15, 0.2) is 5.58 Å². The normalized spacial score (nSPS) is 25.0. The van der Waals surface area contributed by atoms with Gasteiger partial charge in [0.25, 0.3) is 5.91 Å². The molecule has 1 aliphatic heterocycles. The molecule has 23 heavy (non-hydrogen) atoms. The fraction of sp³-hybridized carbons (Fsp3) is 0.500. The maximum absolute atomic E-state index is 12.6. The number of carbonyl (C=O) groups is 1. The van der Waals surface area contributed by atoms with E-state index in [2.05, 4.69) is 0 Å². The van der Waals surface area contributed by atoms with Gasteiger partial charge in [-0.2, -0.15) is 0 Å². The molecule has 1 aromatic carbocycles. The molecule has 7 heteroatoms. The zero-order valence-electron chi connectivity index (χ0n) is 13.2. The van der Waals surface area contributed by atoms with Crippen LogP contribution in [-0.2, 0) is 7.05 Å². The Morgan fingerprint density at radius 1 is 1.48 bits per heavy atom. The fourth-order valence-electron chi connectivity index (χ4n) is 3.00. The number of amides is 1. The number of oxazole rings is 1. The van der Waals surface area contributed by atoms with Crippen LogP contribution in [0.1, 0.15) is 30.1 Å². The van der Waals surface area contributed by atoms with Crippen molar-refractivity contribution in [2.24, 2.45) is 7.05 Å². The number of β-amino-alcohol motifs (C(OH)–C–C–N with tert-alkyl or cyclic N) is 1. The third-order valence-electron chi connectivity index (χ3n) is 4.77. The Balaban J connectivity index is 1.86. The van der Waals surface area contributed by atoms with Crippen LogP contribution in [0, 0.1) is 0 Å². The molecule has 7 nitrogen and oxygen atoms in total. The van der Waals surface area contributed by atoms with Crippen LogP contribution in [0.4, 0.5) is 0 Å². The van der Waals surface area contributed by atoms with Crippen molar-refractivity contribution in [2.45, 2.75) is 31.5 Å². The quantitative estimate of drug-likeness (QED) is 0.839. The van der Waals surface area contributed by atoms with Gasteiger partial charge < -0.3 is 19.5 Å². The number of nitrogens with zero attached hydrogens (tertiary/aromatic N) is 2. The van der Waals surface area contributed by atoms with Gasteiger partial charge in [-0.3, -0.25) is 9.36 Å². The third kappa shape index (κ3) is 2.55. The molecule has 1 aliphatic rings. The molecule has 1 fully saturated rings. The van der Waals surface area contributed by atoms with Crippen LogP contribution in [0.25, 0.3) is 11.1 Å². The zero-order valence-corrected chi connectivity index (χ0v) is 13.2. The summed E-state index contributed by atoms with van der Waals surface area (Å²) < 4.78 is 6.39. The number of aryl methyl sites for hydroxylation is 1. The van der Waals surface area contributed by atoms with Crippen molar-refractivity contribution in [3.05, 3.63) is 34.3 Å². The predicted molar refractivity (Wildman–Crippen MR) is 83.2 cm³/mol. The minimum Gasteiger partial charge on any atom is -0.408 e. The maximum Gasteiger partial charge on any atom is 0.419 e. The molecule has 0 unspecified atom stereocenters. The van der Waals surface area contributed by atoms with Crippen LogP contribution < -0.4 is 5.76 Å². The Labute approximate surface area is 132 Å². The highest BCUT2D eigenvalue weighted by Crippen LogP contribution is 2.27. The minimum absolute atomic E-state index is 0.0888. The molecule has 3 rings (SSSR count). The van der Waals surface area contributed by atoms with E-state index in [1.165, 1.54) is 9.47 Å². The van der Waals surface area contributed by atoms with E-state index in [9.17, 15) is 19.8 Å². The Morgan fingerprint density at radius 3 is 2.87 bits per heavy atom. The standard InChI is InChI=1S/C16H20N2O5/c1-3-16(22)6-7-18(9-13(16)19)14(20)10-4-5-12-11(8-10)17(2)15(21)23-12/h4-5,8,13,19,22H,3,6-7,9H2,1-2H3/t13-,16-/m1/s1. The molecule has 124 valence electrons. The van der Waals surface area contributed by atoms with Crippen LogP contribution in [0.15, 0.2) is 27.4 Å². The lowest BCUT2D eigenvalue weighted by Gasteiger charge is -2.41. The number of aliphatic hydroxyl groups excluding tert-OH is 1. The maximum atomic E-state index is 12.6. The summed E-state index contributed by atoms with van der Waals surface area (Å²) >= 11 is 0. The van der Waals surface area contributed by atoms with Gasteiger partial charge in [-0.25, -0.2) is 4.79 Å². The van der Waals surface area contributed by atoms with Crippen LogP contribution in [0.5, 0.6) is 0 Å². The van der Waals surface area contributed by atoms with Gasteiger partial charge in [0.2, 0.25) is 0 Å². The number of carbonyl (C=O) groups excluding carboxylic acids is 1. The number of piperidine rings is 1. The van der Waals surface area contributed by atoms with Gasteiger partial charge >= 0.3 is 5.76 Å². The first-order chi connectivity index (χ1) is 10.9. The van der Waals surface area contributed by atoms with Gasteiger partial charge in [0.1, 0.15) is 6.10 Å². The Morgan fingerprint density at radius 2 is 2.22 bits per heavy atom. The third-order valence-corrected chi connectivity index (χ3v) is 4.77. The number of aliphatic hydroxyl groups is 2. The van der Waals surface area contributed by atoms with Crippen LogP contribution in [-0.4, -0.2) is 50.4 Å². The molecule has 1 aromatic heterocycles. The topological polar surface area (TPSA) is 95.9 Å². The molecule has 2 atom stereocenters. The molecule has 0 saturated carbocycles. The second-order valence-corrected chi connectivity index (χ2v) is 6.08. The van der Waals surface area contributed by atoms with Gasteiger partial charge in [-0.1, -0.05) is 6.92 Å². The van der Waals surface area contributed by atoms with E-state index >= 15 is 0 Å². The number of fused-ring (bicyclic) bond motifs is 1. The largest absolute Gasteiger partial charge is 0.419 e. The second kappa shape index (κ2) is 5.50. The van der Waals surface area contributed by atoms with Crippen molar-refractivity contribution in [1.82, 2.24) is 9.47 Å². The van der Waals surface area contributed by atoms with E-state index in [1.54, 1.807) is 25.2 Å². The smallest absolute Gasteiger partial charge is 0.408 e. The SMILES string of the molecule is CC[C@@]1(O)CCN(C(=O)c2ccc3oc(=O)n(C)c3c2)C[C@H]1O. The molecule has 2 heterocycles. The number of aromatic nitrogens is 1. The van der Waals surface area contributed by atoms with E-state index in [-0.39, 0.29) is 12.5 Å². The van der Waals surface area contributed by atoms with Crippen molar-refractivity contribution in [2.75, 3.05) is 13.1 Å². The Hall–Kier alpha value is -2.12. The molecule has 1 saturated heterocycles. The Bertz CT molecular complexity index is 808. The molecule has 2 aromatic rings. The van der Waals surface area contributed by atoms with Gasteiger partial charge in [-0.05, 0) is 31.0 Å².